The van der Waals surface area contributed by atoms with Crippen LogP contribution < -0.4 is 10.8 Å². The minimum Gasteiger partial charge on any atom is -0.385 e. The lowest BCUT2D eigenvalue weighted by Crippen LogP contribution is -2.27. The quantitative estimate of drug-likeness (QED) is 0.452. The molecule has 0 radical (unpaired) electrons. The molecule has 3 aromatic rings. The van der Waals surface area contributed by atoms with Crippen LogP contribution in [0.3, 0.4) is 0 Å². The van der Waals surface area contributed by atoms with E-state index in [1.54, 1.807) is 17.9 Å². The highest BCUT2D eigenvalue weighted by atomic mass is 16.5. The molecule has 0 spiro atoms. The first-order valence-electron chi connectivity index (χ1n) is 8.49. The van der Waals surface area contributed by atoms with E-state index in [4.69, 9.17) is 5.21 Å². The maximum Gasteiger partial charge on any atom is 0.255 e. The van der Waals surface area contributed by atoms with Crippen LogP contribution in [0.2, 0.25) is 0 Å². The van der Waals surface area contributed by atoms with Gasteiger partial charge in [-0.15, -0.1) is 0 Å². The summed E-state index contributed by atoms with van der Waals surface area (Å²) in [5.74, 6) is -1.02. The third kappa shape index (κ3) is 4.46. The second-order valence-electron chi connectivity index (χ2n) is 5.98. The van der Waals surface area contributed by atoms with E-state index in [1.165, 1.54) is 5.56 Å². The van der Waals surface area contributed by atoms with Gasteiger partial charge in [-0.25, -0.2) is 5.48 Å². The molecule has 3 N–H and O–H groups in total. The van der Waals surface area contributed by atoms with Crippen molar-refractivity contribution in [2.75, 3.05) is 11.9 Å². The first-order chi connectivity index (χ1) is 12.8. The number of amides is 1. The Morgan fingerprint density at radius 3 is 2.42 bits per heavy atom. The fourth-order valence-corrected chi connectivity index (χ4v) is 2.93. The molecule has 1 heterocycles. The second kappa shape index (κ2) is 8.78. The molecule has 0 aliphatic rings. The number of carbonyl (C=O) groups is 1. The summed E-state index contributed by atoms with van der Waals surface area (Å²) in [6.45, 7) is 0.773. The van der Waals surface area contributed by atoms with Crippen molar-refractivity contribution in [3.05, 3.63) is 95.8 Å². The lowest BCUT2D eigenvalue weighted by molar-refractivity contribution is -0.129. The van der Waals surface area contributed by atoms with Gasteiger partial charge in [-0.05, 0) is 47.4 Å². The Bertz CT molecular complexity index is 838. The topological polar surface area (TPSA) is 74.2 Å². The number of aromatic nitrogens is 1. The molecular weight excluding hydrogens is 326 g/mol. The van der Waals surface area contributed by atoms with Crippen LogP contribution in [0.15, 0.2) is 79.1 Å². The summed E-state index contributed by atoms with van der Waals surface area (Å²) in [6, 6.07) is 21.1. The Morgan fingerprint density at radius 1 is 0.962 bits per heavy atom. The van der Waals surface area contributed by atoms with E-state index >= 15 is 0 Å². The summed E-state index contributed by atoms with van der Waals surface area (Å²) in [5, 5.41) is 12.5. The summed E-state index contributed by atoms with van der Waals surface area (Å²) in [5.41, 5.74) is 5.57. The first-order valence-corrected chi connectivity index (χ1v) is 8.49. The molecule has 1 unspecified atom stereocenters. The van der Waals surface area contributed by atoms with Crippen LogP contribution in [0.25, 0.3) is 0 Å². The molecule has 5 heteroatoms. The van der Waals surface area contributed by atoms with Crippen molar-refractivity contribution in [1.82, 2.24) is 10.5 Å². The first kappa shape index (κ1) is 17.6. The van der Waals surface area contributed by atoms with E-state index in [-0.39, 0.29) is 0 Å². The van der Waals surface area contributed by atoms with Gasteiger partial charge in [0, 0.05) is 24.6 Å². The van der Waals surface area contributed by atoms with Crippen molar-refractivity contribution >= 4 is 11.6 Å². The van der Waals surface area contributed by atoms with Crippen molar-refractivity contribution in [1.29, 1.82) is 0 Å². The number of pyridine rings is 1. The van der Waals surface area contributed by atoms with Crippen molar-refractivity contribution in [2.24, 2.45) is 0 Å². The zero-order valence-electron chi connectivity index (χ0n) is 14.3. The maximum absolute atomic E-state index is 12.2. The fourth-order valence-electron chi connectivity index (χ4n) is 2.93. The van der Waals surface area contributed by atoms with Gasteiger partial charge in [0.25, 0.3) is 5.91 Å². The molecule has 2 aromatic carbocycles. The van der Waals surface area contributed by atoms with Crippen LogP contribution in [0.4, 0.5) is 5.69 Å². The Kier molecular flexibility index (Phi) is 5.96. The molecule has 0 aliphatic carbocycles. The van der Waals surface area contributed by atoms with Gasteiger partial charge in [-0.3, -0.25) is 15.0 Å². The summed E-state index contributed by atoms with van der Waals surface area (Å²) >= 11 is 0. The molecule has 0 bridgehead atoms. The monoisotopic (exact) mass is 347 g/mol. The molecule has 1 aromatic heterocycles. The lowest BCUT2D eigenvalue weighted by Gasteiger charge is -2.17. The number of hydrogen-bond donors (Lipinski definition) is 3. The average Bonchev–Trinajstić information content (AvgIpc) is 2.70. The molecule has 0 saturated heterocycles. The molecule has 1 atom stereocenters. The normalized spacial score (nSPS) is 11.6. The predicted octanol–water partition coefficient (Wildman–Crippen LogP) is 3.37. The van der Waals surface area contributed by atoms with Crippen molar-refractivity contribution < 1.29 is 10.0 Å². The number of nitrogens with one attached hydrogen (secondary N) is 2. The van der Waals surface area contributed by atoms with Crippen LogP contribution in [0.5, 0.6) is 0 Å². The minimum absolute atomic E-state index is 0.454. The molecule has 0 fully saturated rings. The minimum atomic E-state index is -0.567. The van der Waals surface area contributed by atoms with Gasteiger partial charge < -0.3 is 5.32 Å². The molecule has 132 valence electrons. The van der Waals surface area contributed by atoms with E-state index in [0.717, 1.165) is 29.8 Å². The zero-order chi connectivity index (χ0) is 18.2. The van der Waals surface area contributed by atoms with Crippen molar-refractivity contribution in [2.45, 2.75) is 12.3 Å². The molecule has 26 heavy (non-hydrogen) atoms. The second-order valence-corrected chi connectivity index (χ2v) is 5.98. The van der Waals surface area contributed by atoms with E-state index in [2.05, 4.69) is 10.3 Å². The smallest absolute Gasteiger partial charge is 0.255 e. The van der Waals surface area contributed by atoms with Crippen molar-refractivity contribution in [3.63, 3.8) is 0 Å². The highest BCUT2D eigenvalue weighted by Crippen LogP contribution is 2.26. The largest absolute Gasteiger partial charge is 0.385 e. The highest BCUT2D eigenvalue weighted by molar-refractivity contribution is 5.86. The number of benzene rings is 2. The predicted molar refractivity (Wildman–Crippen MR) is 101 cm³/mol. The average molecular weight is 347 g/mol. The zero-order valence-corrected chi connectivity index (χ0v) is 14.3. The van der Waals surface area contributed by atoms with Crippen LogP contribution in [0.1, 0.15) is 22.6 Å². The Morgan fingerprint density at radius 2 is 1.69 bits per heavy atom. The molecule has 3 rings (SSSR count). The maximum atomic E-state index is 12.2. The third-order valence-electron chi connectivity index (χ3n) is 4.22. The van der Waals surface area contributed by atoms with E-state index in [0.29, 0.717) is 0 Å². The van der Waals surface area contributed by atoms with Gasteiger partial charge in [0.1, 0.15) is 0 Å². The number of rotatable bonds is 7. The van der Waals surface area contributed by atoms with E-state index in [1.807, 2.05) is 66.7 Å². The summed E-state index contributed by atoms with van der Waals surface area (Å²) in [6.07, 6.45) is 4.45. The number of hydroxylamine groups is 1. The Balaban J connectivity index is 1.75. The van der Waals surface area contributed by atoms with Gasteiger partial charge >= 0.3 is 0 Å². The number of carbonyl (C=O) groups excluding carboxylic acids is 1. The van der Waals surface area contributed by atoms with Gasteiger partial charge in [0.2, 0.25) is 0 Å². The van der Waals surface area contributed by atoms with Crippen LogP contribution in [-0.2, 0) is 11.2 Å². The third-order valence-corrected chi connectivity index (χ3v) is 4.22. The lowest BCUT2D eigenvalue weighted by atomic mass is 9.90. The van der Waals surface area contributed by atoms with E-state index < -0.39 is 11.8 Å². The number of anilines is 1. The summed E-state index contributed by atoms with van der Waals surface area (Å²) in [7, 11) is 0. The standard InChI is InChI=1S/C21H21N3O2/c25-21(24-26)20(17-5-2-1-3-6-17)18-7-4-8-19(15-18)23-14-11-16-9-12-22-13-10-16/h1-10,12-13,15,20,23,26H,11,14H2,(H,24,25). The molecular formula is C21H21N3O2. The van der Waals surface area contributed by atoms with Gasteiger partial charge in [-0.1, -0.05) is 42.5 Å². The summed E-state index contributed by atoms with van der Waals surface area (Å²) in [4.78, 5) is 16.3. The molecule has 5 nitrogen and oxygen atoms in total. The van der Waals surface area contributed by atoms with Crippen LogP contribution in [-0.4, -0.2) is 22.6 Å². The highest BCUT2D eigenvalue weighted by Gasteiger charge is 2.22. The van der Waals surface area contributed by atoms with Crippen LogP contribution >= 0.6 is 0 Å². The van der Waals surface area contributed by atoms with Gasteiger partial charge in [0.05, 0.1) is 5.92 Å². The number of hydrogen-bond acceptors (Lipinski definition) is 4. The molecule has 0 saturated carbocycles. The van der Waals surface area contributed by atoms with Crippen molar-refractivity contribution in [3.8, 4) is 0 Å². The Hall–Kier alpha value is -3.18. The Labute approximate surface area is 152 Å². The van der Waals surface area contributed by atoms with Crippen LogP contribution in [0, 0.1) is 0 Å². The fraction of sp³-hybridized carbons (Fsp3) is 0.143. The molecule has 0 aliphatic heterocycles. The van der Waals surface area contributed by atoms with E-state index in [9.17, 15) is 4.79 Å². The number of nitrogens with zero attached hydrogens (tertiary/aromatic N) is 1. The van der Waals surface area contributed by atoms with Gasteiger partial charge in [0.15, 0.2) is 0 Å². The SMILES string of the molecule is O=C(NO)C(c1ccccc1)c1cccc(NCCc2ccncc2)c1. The molecule has 1 amide bonds. The summed E-state index contributed by atoms with van der Waals surface area (Å²) < 4.78 is 0. The van der Waals surface area contributed by atoms with Gasteiger partial charge in [-0.2, -0.15) is 0 Å².